The van der Waals surface area contributed by atoms with Crippen molar-refractivity contribution >= 4 is 17.4 Å². The molecule has 0 bridgehead atoms. The lowest BCUT2D eigenvalue weighted by Gasteiger charge is -2.31. The van der Waals surface area contributed by atoms with E-state index in [-0.39, 0.29) is 11.4 Å². The highest BCUT2D eigenvalue weighted by Crippen LogP contribution is 2.41. The van der Waals surface area contributed by atoms with Crippen LogP contribution in [0.15, 0.2) is 42.5 Å². The summed E-state index contributed by atoms with van der Waals surface area (Å²) in [5, 5.41) is 6.52. The predicted molar refractivity (Wildman–Crippen MR) is 160 cm³/mol. The van der Waals surface area contributed by atoms with Gasteiger partial charge in [-0.2, -0.15) is 0 Å². The molecule has 0 heterocycles. The van der Waals surface area contributed by atoms with Crippen molar-refractivity contribution in [3.05, 3.63) is 59.2 Å². The lowest BCUT2D eigenvalue weighted by molar-refractivity contribution is 0.248. The van der Waals surface area contributed by atoms with Gasteiger partial charge in [0.2, 0.25) is 0 Å². The third-order valence-electron chi connectivity index (χ3n) is 8.17. The first-order chi connectivity index (χ1) is 17.8. The maximum Gasteiger partial charge on any atom is 0.319 e. The maximum absolute atomic E-state index is 13.2. The number of anilines is 2. The maximum atomic E-state index is 13.2. The molecule has 4 heteroatoms. The molecule has 0 spiro atoms. The summed E-state index contributed by atoms with van der Waals surface area (Å²) < 4.78 is 0. The van der Waals surface area contributed by atoms with E-state index in [0.717, 1.165) is 31.6 Å². The first-order valence-corrected chi connectivity index (χ1v) is 14.8. The van der Waals surface area contributed by atoms with Gasteiger partial charge in [-0.1, -0.05) is 97.6 Å². The average molecular weight is 506 g/mol. The summed E-state index contributed by atoms with van der Waals surface area (Å²) in [7, 11) is 0. The van der Waals surface area contributed by atoms with Crippen LogP contribution in [0.25, 0.3) is 0 Å². The Balaban J connectivity index is 1.74. The van der Waals surface area contributed by atoms with Crippen molar-refractivity contribution in [2.45, 2.75) is 110 Å². The summed E-state index contributed by atoms with van der Waals surface area (Å²) in [6, 6.07) is 15.6. The van der Waals surface area contributed by atoms with Gasteiger partial charge in [0.25, 0.3) is 0 Å². The van der Waals surface area contributed by atoms with E-state index in [1.165, 1.54) is 60.9 Å². The zero-order valence-corrected chi connectivity index (χ0v) is 24.3. The van der Waals surface area contributed by atoms with Gasteiger partial charge in [-0.3, -0.25) is 0 Å². The number of carbonyl (C=O) groups excluding carboxylic acids is 1. The van der Waals surface area contributed by atoms with Crippen molar-refractivity contribution in [1.82, 2.24) is 5.32 Å². The molecule has 2 N–H and O–H groups in total. The van der Waals surface area contributed by atoms with Crippen LogP contribution in [-0.2, 0) is 5.41 Å². The predicted octanol–water partition coefficient (Wildman–Crippen LogP) is 8.97. The Bertz CT molecular complexity index is 939. The fourth-order valence-corrected chi connectivity index (χ4v) is 5.82. The minimum atomic E-state index is -0.0943. The summed E-state index contributed by atoms with van der Waals surface area (Å²) in [5.41, 5.74) is 6.09. The SMILES string of the molecule is CCCCN(CCCC)c1ccc(C2(CNC(=O)Nc3c(C(C)C)cccc3C(C)C)CCCC2)cc1. The van der Waals surface area contributed by atoms with E-state index in [1.807, 2.05) is 0 Å². The van der Waals surface area contributed by atoms with Crippen LogP contribution in [0.1, 0.15) is 121 Å². The largest absolute Gasteiger partial charge is 0.372 e. The number of amides is 2. The molecule has 0 radical (unpaired) electrons. The van der Waals surface area contributed by atoms with Gasteiger partial charge >= 0.3 is 6.03 Å². The summed E-state index contributed by atoms with van der Waals surface area (Å²) in [6.07, 6.45) is 9.59. The number of urea groups is 1. The summed E-state index contributed by atoms with van der Waals surface area (Å²) in [6.45, 7) is 16.2. The average Bonchev–Trinajstić information content (AvgIpc) is 3.38. The molecule has 37 heavy (non-hydrogen) atoms. The summed E-state index contributed by atoms with van der Waals surface area (Å²) in [4.78, 5) is 15.8. The lowest BCUT2D eigenvalue weighted by Crippen LogP contribution is -2.41. The molecule has 0 aliphatic heterocycles. The first kappa shape index (κ1) is 29.1. The molecule has 1 saturated carbocycles. The molecule has 1 fully saturated rings. The highest BCUT2D eigenvalue weighted by Gasteiger charge is 2.36. The fourth-order valence-electron chi connectivity index (χ4n) is 5.82. The summed E-state index contributed by atoms with van der Waals surface area (Å²) >= 11 is 0. The number of unbranched alkanes of at least 4 members (excludes halogenated alkanes) is 2. The van der Waals surface area contributed by atoms with Gasteiger partial charge in [-0.05, 0) is 66.3 Å². The molecular weight excluding hydrogens is 454 g/mol. The minimum Gasteiger partial charge on any atom is -0.372 e. The van der Waals surface area contributed by atoms with E-state index in [9.17, 15) is 4.79 Å². The quantitative estimate of drug-likeness (QED) is 0.285. The van der Waals surface area contributed by atoms with Gasteiger partial charge in [0.1, 0.15) is 0 Å². The van der Waals surface area contributed by atoms with Crippen LogP contribution >= 0.6 is 0 Å². The second-order valence-electron chi connectivity index (χ2n) is 11.7. The third kappa shape index (κ3) is 7.52. The van der Waals surface area contributed by atoms with Crippen LogP contribution in [0.5, 0.6) is 0 Å². The van der Waals surface area contributed by atoms with Crippen molar-refractivity contribution in [3.8, 4) is 0 Å². The zero-order chi connectivity index (χ0) is 26.8. The zero-order valence-electron chi connectivity index (χ0n) is 24.3. The molecule has 0 atom stereocenters. The molecule has 3 rings (SSSR count). The lowest BCUT2D eigenvalue weighted by atomic mass is 9.78. The Morgan fingerprint density at radius 1 is 0.865 bits per heavy atom. The number of rotatable bonds is 13. The highest BCUT2D eigenvalue weighted by atomic mass is 16.2. The van der Waals surface area contributed by atoms with Crippen molar-refractivity contribution in [2.24, 2.45) is 0 Å². The number of benzene rings is 2. The number of hydrogen-bond donors (Lipinski definition) is 2. The number of hydrogen-bond acceptors (Lipinski definition) is 2. The van der Waals surface area contributed by atoms with Crippen LogP contribution in [0.4, 0.5) is 16.2 Å². The van der Waals surface area contributed by atoms with E-state index < -0.39 is 0 Å². The molecule has 204 valence electrons. The molecule has 2 aromatic rings. The Labute approximate surface area is 226 Å². The van der Waals surface area contributed by atoms with Crippen molar-refractivity contribution in [2.75, 3.05) is 29.9 Å². The van der Waals surface area contributed by atoms with E-state index in [1.54, 1.807) is 0 Å². The first-order valence-electron chi connectivity index (χ1n) is 14.8. The minimum absolute atomic E-state index is 0.0198. The Morgan fingerprint density at radius 2 is 1.41 bits per heavy atom. The van der Waals surface area contributed by atoms with Crippen molar-refractivity contribution in [1.29, 1.82) is 0 Å². The normalized spacial score (nSPS) is 14.8. The van der Waals surface area contributed by atoms with E-state index in [4.69, 9.17) is 0 Å². The van der Waals surface area contributed by atoms with Crippen LogP contribution < -0.4 is 15.5 Å². The topological polar surface area (TPSA) is 44.4 Å². The second kappa shape index (κ2) is 13.9. The van der Waals surface area contributed by atoms with Crippen LogP contribution in [-0.4, -0.2) is 25.7 Å². The molecule has 1 aliphatic rings. The van der Waals surface area contributed by atoms with E-state index in [2.05, 4.69) is 99.5 Å². The van der Waals surface area contributed by atoms with E-state index >= 15 is 0 Å². The second-order valence-corrected chi connectivity index (χ2v) is 11.7. The standard InChI is InChI=1S/C33H51N3O/c1-7-9-22-36(23-10-8-2)28-18-16-27(17-19-28)33(20-11-12-21-33)24-34-32(37)35-31-29(25(3)4)14-13-15-30(31)26(5)6/h13-19,25-26H,7-12,20-24H2,1-6H3,(H2,34,35,37). The number of nitrogens with one attached hydrogen (secondary N) is 2. The van der Waals surface area contributed by atoms with Gasteiger partial charge in [-0.25, -0.2) is 4.79 Å². The molecule has 0 saturated heterocycles. The van der Waals surface area contributed by atoms with Crippen LogP contribution in [0.3, 0.4) is 0 Å². The summed E-state index contributed by atoms with van der Waals surface area (Å²) in [5.74, 6) is 0.700. The Kier molecular flexibility index (Phi) is 10.9. The highest BCUT2D eigenvalue weighted by molar-refractivity contribution is 5.91. The number of nitrogens with zero attached hydrogens (tertiary/aromatic N) is 1. The molecular formula is C33H51N3O. The Morgan fingerprint density at radius 3 is 1.89 bits per heavy atom. The molecule has 2 aromatic carbocycles. The van der Waals surface area contributed by atoms with Crippen molar-refractivity contribution in [3.63, 3.8) is 0 Å². The van der Waals surface area contributed by atoms with E-state index in [0.29, 0.717) is 18.4 Å². The molecule has 2 amide bonds. The molecule has 4 nitrogen and oxygen atoms in total. The smallest absolute Gasteiger partial charge is 0.319 e. The third-order valence-corrected chi connectivity index (χ3v) is 8.17. The molecule has 0 aromatic heterocycles. The van der Waals surface area contributed by atoms with Gasteiger partial charge in [0.05, 0.1) is 0 Å². The van der Waals surface area contributed by atoms with Gasteiger partial charge in [0.15, 0.2) is 0 Å². The van der Waals surface area contributed by atoms with Gasteiger partial charge < -0.3 is 15.5 Å². The number of carbonyl (C=O) groups is 1. The van der Waals surface area contributed by atoms with Crippen LogP contribution in [0, 0.1) is 0 Å². The van der Waals surface area contributed by atoms with Gasteiger partial charge in [-0.15, -0.1) is 0 Å². The molecule has 0 unspecified atom stereocenters. The monoisotopic (exact) mass is 505 g/mol. The molecule has 1 aliphatic carbocycles. The van der Waals surface area contributed by atoms with Crippen molar-refractivity contribution < 1.29 is 4.79 Å². The Hall–Kier alpha value is -2.49. The van der Waals surface area contributed by atoms with Crippen LogP contribution in [0.2, 0.25) is 0 Å². The van der Waals surface area contributed by atoms with Gasteiger partial charge in [0, 0.05) is 36.4 Å². The number of para-hydroxylation sites is 1. The fraction of sp³-hybridized carbons (Fsp3) is 0.606.